The number of amides is 1. The molecule has 1 aromatic carbocycles. The molecule has 1 aliphatic carbocycles. The SMILES string of the molecule is CN(CCN(C=O)c1cnccc1C1CC1)c1ccc2ccsc2c1. The lowest BCUT2D eigenvalue weighted by atomic mass is 10.1. The largest absolute Gasteiger partial charge is 0.373 e. The quantitative estimate of drug-likeness (QED) is 0.596. The Morgan fingerprint density at radius 2 is 2.12 bits per heavy atom. The summed E-state index contributed by atoms with van der Waals surface area (Å²) in [6.45, 7) is 1.42. The molecule has 25 heavy (non-hydrogen) atoms. The van der Waals surface area contributed by atoms with Gasteiger partial charge in [-0.3, -0.25) is 9.78 Å². The minimum atomic E-state index is 0.597. The number of benzene rings is 1. The lowest BCUT2D eigenvalue weighted by molar-refractivity contribution is -0.107. The minimum Gasteiger partial charge on any atom is -0.373 e. The summed E-state index contributed by atoms with van der Waals surface area (Å²) < 4.78 is 1.29. The van der Waals surface area contributed by atoms with Crippen molar-refractivity contribution in [3.8, 4) is 0 Å². The van der Waals surface area contributed by atoms with Crippen LogP contribution in [0.1, 0.15) is 24.3 Å². The third-order valence-corrected chi connectivity index (χ3v) is 5.72. The number of hydrogen-bond acceptors (Lipinski definition) is 4. The molecule has 1 saturated carbocycles. The molecule has 4 rings (SSSR count). The average Bonchev–Trinajstić information content (AvgIpc) is 3.39. The molecule has 2 heterocycles. The van der Waals surface area contributed by atoms with Crippen molar-refractivity contribution in [1.29, 1.82) is 0 Å². The number of pyridine rings is 1. The van der Waals surface area contributed by atoms with E-state index in [2.05, 4.69) is 52.6 Å². The number of hydrogen-bond donors (Lipinski definition) is 0. The van der Waals surface area contributed by atoms with Crippen LogP contribution in [0.2, 0.25) is 0 Å². The van der Waals surface area contributed by atoms with Gasteiger partial charge in [-0.15, -0.1) is 11.3 Å². The van der Waals surface area contributed by atoms with Crippen molar-refractivity contribution < 1.29 is 4.79 Å². The van der Waals surface area contributed by atoms with Crippen LogP contribution in [0.15, 0.2) is 48.1 Å². The van der Waals surface area contributed by atoms with Crippen LogP contribution in [0.3, 0.4) is 0 Å². The minimum absolute atomic E-state index is 0.597. The van der Waals surface area contributed by atoms with Crippen LogP contribution in [0.25, 0.3) is 10.1 Å². The van der Waals surface area contributed by atoms with E-state index in [1.807, 2.05) is 12.4 Å². The standard InChI is InChI=1S/C20H21N3OS/c1-22(17-5-4-16-7-11-25-20(16)12-17)9-10-23(14-24)19-13-21-8-6-18(19)15-2-3-15/h4-8,11-15H,2-3,9-10H2,1H3. The molecule has 0 bridgehead atoms. The van der Waals surface area contributed by atoms with E-state index < -0.39 is 0 Å². The molecule has 2 aromatic heterocycles. The van der Waals surface area contributed by atoms with Gasteiger partial charge in [0.05, 0.1) is 11.9 Å². The maximum atomic E-state index is 11.7. The second kappa shape index (κ2) is 6.84. The third kappa shape index (κ3) is 3.37. The summed E-state index contributed by atoms with van der Waals surface area (Å²) in [5.41, 5.74) is 3.39. The maximum absolute atomic E-state index is 11.7. The summed E-state index contributed by atoms with van der Waals surface area (Å²) in [6, 6.07) is 10.7. The van der Waals surface area contributed by atoms with Gasteiger partial charge in [0.15, 0.2) is 0 Å². The zero-order chi connectivity index (χ0) is 17.2. The summed E-state index contributed by atoms with van der Waals surface area (Å²) in [7, 11) is 2.07. The van der Waals surface area contributed by atoms with Crippen molar-refractivity contribution >= 4 is 39.2 Å². The Labute approximate surface area is 151 Å². The molecule has 3 aromatic rings. The van der Waals surface area contributed by atoms with Gasteiger partial charge in [0.1, 0.15) is 0 Å². The molecule has 0 N–H and O–H groups in total. The van der Waals surface area contributed by atoms with Crippen LogP contribution in [0, 0.1) is 0 Å². The summed E-state index contributed by atoms with van der Waals surface area (Å²) in [5, 5.41) is 3.39. The van der Waals surface area contributed by atoms with E-state index in [1.54, 1.807) is 16.2 Å². The number of nitrogens with zero attached hydrogens (tertiary/aromatic N) is 3. The topological polar surface area (TPSA) is 36.4 Å². The Bertz CT molecular complexity index is 887. The summed E-state index contributed by atoms with van der Waals surface area (Å²) in [6.07, 6.45) is 7.00. The van der Waals surface area contributed by atoms with Crippen molar-refractivity contribution in [3.63, 3.8) is 0 Å². The Hall–Kier alpha value is -2.40. The van der Waals surface area contributed by atoms with Crippen molar-refractivity contribution in [1.82, 2.24) is 4.98 Å². The predicted molar refractivity (Wildman–Crippen MR) is 105 cm³/mol. The van der Waals surface area contributed by atoms with Crippen molar-refractivity contribution in [2.75, 3.05) is 29.9 Å². The van der Waals surface area contributed by atoms with Gasteiger partial charge in [0, 0.05) is 36.7 Å². The molecule has 5 heteroatoms. The number of rotatable bonds is 7. The van der Waals surface area contributed by atoms with Crippen LogP contribution < -0.4 is 9.80 Å². The number of thiophene rings is 1. The number of anilines is 2. The zero-order valence-corrected chi connectivity index (χ0v) is 15.1. The molecular weight excluding hydrogens is 330 g/mol. The lowest BCUT2D eigenvalue weighted by Crippen LogP contribution is -2.33. The second-order valence-electron chi connectivity index (χ2n) is 6.57. The molecule has 0 aliphatic heterocycles. The Morgan fingerprint density at radius 3 is 2.92 bits per heavy atom. The van der Waals surface area contributed by atoms with Crippen LogP contribution in [0.4, 0.5) is 11.4 Å². The molecule has 0 atom stereocenters. The van der Waals surface area contributed by atoms with Crippen LogP contribution in [-0.2, 0) is 4.79 Å². The normalized spacial score (nSPS) is 13.8. The van der Waals surface area contributed by atoms with Gasteiger partial charge in [-0.05, 0) is 59.4 Å². The highest BCUT2D eigenvalue weighted by Crippen LogP contribution is 2.43. The molecule has 1 amide bonds. The number of fused-ring (bicyclic) bond motifs is 1. The van der Waals surface area contributed by atoms with Crippen LogP contribution in [-0.4, -0.2) is 31.5 Å². The molecule has 0 radical (unpaired) electrons. The van der Waals surface area contributed by atoms with Crippen molar-refractivity contribution in [3.05, 3.63) is 53.7 Å². The van der Waals surface area contributed by atoms with Gasteiger partial charge in [-0.1, -0.05) is 6.07 Å². The molecule has 0 unspecified atom stereocenters. The van der Waals surface area contributed by atoms with Gasteiger partial charge < -0.3 is 9.80 Å². The molecule has 1 aliphatic rings. The predicted octanol–water partition coefficient (Wildman–Crippen LogP) is 4.27. The van der Waals surface area contributed by atoms with E-state index in [4.69, 9.17) is 0 Å². The van der Waals surface area contributed by atoms with Crippen LogP contribution in [0.5, 0.6) is 0 Å². The molecule has 0 saturated heterocycles. The average molecular weight is 351 g/mol. The third-order valence-electron chi connectivity index (χ3n) is 4.84. The first-order valence-electron chi connectivity index (χ1n) is 8.60. The maximum Gasteiger partial charge on any atom is 0.214 e. The fraction of sp³-hybridized carbons (Fsp3) is 0.300. The molecule has 4 nitrogen and oxygen atoms in total. The fourth-order valence-corrected chi connectivity index (χ4v) is 4.00. The van der Waals surface area contributed by atoms with Crippen molar-refractivity contribution in [2.24, 2.45) is 0 Å². The van der Waals surface area contributed by atoms with Gasteiger partial charge in [0.2, 0.25) is 6.41 Å². The Kier molecular flexibility index (Phi) is 4.40. The van der Waals surface area contributed by atoms with E-state index in [-0.39, 0.29) is 0 Å². The summed E-state index contributed by atoms with van der Waals surface area (Å²) in [5.74, 6) is 0.597. The van der Waals surface area contributed by atoms with E-state index in [1.165, 1.54) is 34.2 Å². The van der Waals surface area contributed by atoms with Gasteiger partial charge in [-0.25, -0.2) is 0 Å². The van der Waals surface area contributed by atoms with Crippen molar-refractivity contribution in [2.45, 2.75) is 18.8 Å². The fourth-order valence-electron chi connectivity index (χ4n) is 3.17. The van der Waals surface area contributed by atoms with Crippen LogP contribution >= 0.6 is 11.3 Å². The molecule has 0 spiro atoms. The summed E-state index contributed by atoms with van der Waals surface area (Å²) in [4.78, 5) is 19.9. The second-order valence-corrected chi connectivity index (χ2v) is 7.52. The highest BCUT2D eigenvalue weighted by Gasteiger charge is 2.27. The van der Waals surface area contributed by atoms with Gasteiger partial charge in [-0.2, -0.15) is 0 Å². The molecular formula is C20H21N3OS. The number of likely N-dealkylation sites (N-methyl/N-ethyl adjacent to an activating group) is 1. The first-order chi connectivity index (χ1) is 12.3. The summed E-state index contributed by atoms with van der Waals surface area (Å²) >= 11 is 1.76. The van der Waals surface area contributed by atoms with E-state index in [9.17, 15) is 4.79 Å². The van der Waals surface area contributed by atoms with E-state index in [0.717, 1.165) is 18.6 Å². The first kappa shape index (κ1) is 16.1. The zero-order valence-electron chi connectivity index (χ0n) is 14.3. The van der Waals surface area contributed by atoms with E-state index in [0.29, 0.717) is 12.5 Å². The molecule has 1 fully saturated rings. The number of carbonyl (C=O) groups is 1. The molecule has 128 valence electrons. The van der Waals surface area contributed by atoms with E-state index >= 15 is 0 Å². The lowest BCUT2D eigenvalue weighted by Gasteiger charge is -2.25. The number of carbonyl (C=O) groups excluding carboxylic acids is 1. The Balaban J connectivity index is 1.48. The highest BCUT2D eigenvalue weighted by atomic mass is 32.1. The smallest absolute Gasteiger partial charge is 0.214 e. The number of aromatic nitrogens is 1. The van der Waals surface area contributed by atoms with Gasteiger partial charge in [0.25, 0.3) is 0 Å². The first-order valence-corrected chi connectivity index (χ1v) is 9.48. The monoisotopic (exact) mass is 351 g/mol. The van der Waals surface area contributed by atoms with Gasteiger partial charge >= 0.3 is 0 Å². The Morgan fingerprint density at radius 1 is 1.24 bits per heavy atom. The highest BCUT2D eigenvalue weighted by molar-refractivity contribution is 7.17.